The number of rotatable bonds is 6. The Labute approximate surface area is 133 Å². The molecule has 0 saturated carbocycles. The van der Waals surface area contributed by atoms with Gasteiger partial charge in [0.15, 0.2) is 0 Å². The van der Waals surface area contributed by atoms with E-state index in [1.54, 1.807) is 18.3 Å². The van der Waals surface area contributed by atoms with E-state index in [1.165, 1.54) is 21.3 Å². The fourth-order valence-corrected chi connectivity index (χ4v) is 2.20. The first-order chi connectivity index (χ1) is 11.0. The second-order valence-corrected chi connectivity index (χ2v) is 4.77. The minimum atomic E-state index is 0.121. The van der Waals surface area contributed by atoms with Crippen LogP contribution in [-0.4, -0.2) is 31.2 Å². The van der Waals surface area contributed by atoms with E-state index >= 15 is 0 Å². The highest BCUT2D eigenvalue weighted by atomic mass is 16.5. The van der Waals surface area contributed by atoms with E-state index < -0.39 is 0 Å². The number of benzene rings is 1. The van der Waals surface area contributed by atoms with Crippen LogP contribution < -0.4 is 25.9 Å². The summed E-state index contributed by atoms with van der Waals surface area (Å²) in [5.74, 6) is 1.34. The Balaban J connectivity index is 2.45. The third kappa shape index (κ3) is 3.39. The Hall–Kier alpha value is -3.10. The van der Waals surface area contributed by atoms with Crippen LogP contribution >= 0.6 is 0 Å². The Morgan fingerprint density at radius 3 is 2.30 bits per heavy atom. The normalized spacial score (nSPS) is 10.2. The minimum Gasteiger partial charge on any atom is -0.494 e. The van der Waals surface area contributed by atoms with Gasteiger partial charge in [-0.25, -0.2) is 9.99 Å². The van der Waals surface area contributed by atoms with Crippen LogP contribution in [0.5, 0.6) is 11.5 Å². The fraction of sp³-hybridized carbons (Fsp3) is 0.286. The standard InChI is InChI=1S/C14H18N6O3/c1-20(19-21)12-10(22-2)5-8(6-11(12)23-3)4-9-7-17-14(16)18-13(9)15/h5-7H,4H2,1-3H3,(H4,15,16,17,18). The van der Waals surface area contributed by atoms with E-state index in [-0.39, 0.29) is 5.95 Å². The SMILES string of the molecule is COc1cc(Cc2cnc(N)nc2N)cc(OC)c1N(C)N=O. The molecule has 0 fully saturated rings. The van der Waals surface area contributed by atoms with Crippen molar-refractivity contribution in [2.45, 2.75) is 6.42 Å². The molecule has 2 rings (SSSR count). The maximum Gasteiger partial charge on any atom is 0.221 e. The number of nitrogens with two attached hydrogens (primary N) is 2. The molecular formula is C14H18N6O3. The lowest BCUT2D eigenvalue weighted by Gasteiger charge is -2.18. The van der Waals surface area contributed by atoms with E-state index in [0.717, 1.165) is 16.1 Å². The molecule has 0 aliphatic rings. The zero-order valence-corrected chi connectivity index (χ0v) is 13.1. The van der Waals surface area contributed by atoms with Gasteiger partial charge >= 0.3 is 0 Å². The van der Waals surface area contributed by atoms with E-state index in [4.69, 9.17) is 20.9 Å². The summed E-state index contributed by atoms with van der Waals surface area (Å²) < 4.78 is 10.7. The van der Waals surface area contributed by atoms with Gasteiger partial charge in [-0.3, -0.25) is 0 Å². The Bertz CT molecular complexity index is 697. The molecular weight excluding hydrogens is 300 g/mol. The van der Waals surface area contributed by atoms with Crippen molar-refractivity contribution >= 4 is 17.5 Å². The molecule has 0 aliphatic carbocycles. The zero-order chi connectivity index (χ0) is 17.0. The molecule has 9 nitrogen and oxygen atoms in total. The first kappa shape index (κ1) is 16.3. The fourth-order valence-electron chi connectivity index (χ4n) is 2.20. The van der Waals surface area contributed by atoms with E-state index in [1.807, 2.05) is 0 Å². The maximum absolute atomic E-state index is 10.8. The van der Waals surface area contributed by atoms with Gasteiger partial charge in [0.25, 0.3) is 0 Å². The minimum absolute atomic E-state index is 0.121. The highest BCUT2D eigenvalue weighted by molar-refractivity contribution is 5.68. The number of anilines is 3. The van der Waals surface area contributed by atoms with Crippen molar-refractivity contribution in [3.8, 4) is 11.5 Å². The van der Waals surface area contributed by atoms with Crippen molar-refractivity contribution in [3.05, 3.63) is 34.4 Å². The summed E-state index contributed by atoms with van der Waals surface area (Å²) in [5.41, 5.74) is 13.4. The monoisotopic (exact) mass is 318 g/mol. The Morgan fingerprint density at radius 2 is 1.83 bits per heavy atom. The Morgan fingerprint density at radius 1 is 1.22 bits per heavy atom. The quantitative estimate of drug-likeness (QED) is 0.603. The highest BCUT2D eigenvalue weighted by Gasteiger charge is 2.18. The summed E-state index contributed by atoms with van der Waals surface area (Å²) in [7, 11) is 4.52. The maximum atomic E-state index is 10.8. The van der Waals surface area contributed by atoms with Crippen LogP contribution in [0.25, 0.3) is 0 Å². The molecule has 0 spiro atoms. The summed E-state index contributed by atoms with van der Waals surface area (Å²) in [6.07, 6.45) is 2.03. The van der Waals surface area contributed by atoms with Crippen LogP contribution in [0.15, 0.2) is 23.6 Å². The Kier molecular flexibility index (Phi) is 4.79. The van der Waals surface area contributed by atoms with Gasteiger partial charge in [-0.2, -0.15) is 4.98 Å². The molecule has 23 heavy (non-hydrogen) atoms. The average molecular weight is 318 g/mol. The molecule has 0 bridgehead atoms. The average Bonchev–Trinajstić information content (AvgIpc) is 2.55. The molecule has 1 aromatic heterocycles. The summed E-state index contributed by atoms with van der Waals surface area (Å²) in [5, 5.41) is 4.02. The van der Waals surface area contributed by atoms with Gasteiger partial charge in [-0.1, -0.05) is 0 Å². The van der Waals surface area contributed by atoms with Crippen molar-refractivity contribution in [2.75, 3.05) is 37.7 Å². The van der Waals surface area contributed by atoms with Gasteiger partial charge in [0.1, 0.15) is 23.0 Å². The van der Waals surface area contributed by atoms with Crippen LogP contribution in [0.3, 0.4) is 0 Å². The van der Waals surface area contributed by atoms with Crippen molar-refractivity contribution < 1.29 is 9.47 Å². The molecule has 0 aliphatic heterocycles. The van der Waals surface area contributed by atoms with Gasteiger partial charge in [0, 0.05) is 25.2 Å². The molecule has 1 aromatic carbocycles. The van der Waals surface area contributed by atoms with E-state index in [2.05, 4.69) is 15.3 Å². The summed E-state index contributed by atoms with van der Waals surface area (Å²) in [6, 6.07) is 3.55. The number of nitrogen functional groups attached to an aromatic ring is 2. The predicted octanol–water partition coefficient (Wildman–Crippen LogP) is 1.37. The second kappa shape index (κ2) is 6.77. The van der Waals surface area contributed by atoms with Crippen LogP contribution in [0.4, 0.5) is 17.5 Å². The zero-order valence-electron chi connectivity index (χ0n) is 13.1. The lowest BCUT2D eigenvalue weighted by atomic mass is 10.0. The van der Waals surface area contributed by atoms with E-state index in [9.17, 15) is 4.91 Å². The van der Waals surface area contributed by atoms with E-state index in [0.29, 0.717) is 29.4 Å². The van der Waals surface area contributed by atoms with Crippen LogP contribution in [0.1, 0.15) is 11.1 Å². The molecule has 0 unspecified atom stereocenters. The molecule has 9 heteroatoms. The molecule has 2 aromatic rings. The third-order valence-electron chi connectivity index (χ3n) is 3.30. The number of nitrogens with zero attached hydrogens (tertiary/aromatic N) is 4. The third-order valence-corrected chi connectivity index (χ3v) is 3.30. The smallest absolute Gasteiger partial charge is 0.221 e. The largest absolute Gasteiger partial charge is 0.494 e. The molecule has 0 saturated heterocycles. The first-order valence-corrected chi connectivity index (χ1v) is 6.68. The topological polar surface area (TPSA) is 129 Å². The first-order valence-electron chi connectivity index (χ1n) is 6.68. The van der Waals surface area contributed by atoms with Gasteiger partial charge in [-0.15, -0.1) is 4.91 Å². The van der Waals surface area contributed by atoms with Crippen molar-refractivity contribution in [3.63, 3.8) is 0 Å². The summed E-state index contributed by atoms with van der Waals surface area (Å²) in [4.78, 5) is 18.7. The van der Waals surface area contributed by atoms with Crippen molar-refractivity contribution in [2.24, 2.45) is 5.29 Å². The molecule has 0 atom stereocenters. The predicted molar refractivity (Wildman–Crippen MR) is 87.4 cm³/mol. The van der Waals surface area contributed by atoms with Gasteiger partial charge in [0.05, 0.1) is 19.5 Å². The number of hydrogen-bond acceptors (Lipinski definition) is 8. The van der Waals surface area contributed by atoms with Crippen molar-refractivity contribution in [1.29, 1.82) is 0 Å². The van der Waals surface area contributed by atoms with Crippen LogP contribution in [0.2, 0.25) is 0 Å². The molecule has 0 amide bonds. The molecule has 122 valence electrons. The second-order valence-electron chi connectivity index (χ2n) is 4.77. The number of aromatic nitrogens is 2. The molecule has 1 heterocycles. The number of methoxy groups -OCH3 is 2. The lowest BCUT2D eigenvalue weighted by Crippen LogP contribution is -2.11. The summed E-state index contributed by atoms with van der Waals surface area (Å²) >= 11 is 0. The van der Waals surface area contributed by atoms with Gasteiger partial charge < -0.3 is 20.9 Å². The molecule has 4 N–H and O–H groups in total. The number of ether oxygens (including phenoxy) is 2. The van der Waals surface area contributed by atoms with Gasteiger partial charge in [-0.05, 0) is 17.7 Å². The number of nitroso groups, excluding NO2 is 1. The van der Waals surface area contributed by atoms with Crippen LogP contribution in [0, 0.1) is 4.91 Å². The molecule has 0 radical (unpaired) electrons. The number of hydrogen-bond donors (Lipinski definition) is 2. The lowest BCUT2D eigenvalue weighted by molar-refractivity contribution is 0.394. The van der Waals surface area contributed by atoms with Crippen LogP contribution in [-0.2, 0) is 6.42 Å². The summed E-state index contributed by atoms with van der Waals surface area (Å²) in [6.45, 7) is 0. The van der Waals surface area contributed by atoms with Crippen molar-refractivity contribution in [1.82, 2.24) is 9.97 Å². The van der Waals surface area contributed by atoms with Gasteiger partial charge in [0.2, 0.25) is 5.95 Å². The highest BCUT2D eigenvalue weighted by Crippen LogP contribution is 2.39.